The lowest BCUT2D eigenvalue weighted by Crippen LogP contribution is -2.10. The highest BCUT2D eigenvalue weighted by Crippen LogP contribution is 1.99. The Hall–Kier alpha value is 0.0249. The number of rotatable bonds is 4. The molecule has 0 aliphatic rings. The van der Waals surface area contributed by atoms with Gasteiger partial charge >= 0.3 is 0 Å². The molecular weight excluding hydrogens is 135 g/mol. The van der Waals surface area contributed by atoms with Crippen LogP contribution in [0.1, 0.15) is 34.1 Å². The summed E-state index contributed by atoms with van der Waals surface area (Å²) >= 11 is 0. The molecule has 0 N–H and O–H groups in total. The van der Waals surface area contributed by atoms with Crippen molar-refractivity contribution in [3.63, 3.8) is 0 Å². The van der Waals surface area contributed by atoms with E-state index in [0.29, 0.717) is 12.0 Å². The molecule has 0 heterocycles. The second-order valence-corrected chi connectivity index (χ2v) is 2.95. The van der Waals surface area contributed by atoms with Crippen LogP contribution in [0.4, 0.5) is 0 Å². The Bertz CT molecular complexity index is 64.6. The van der Waals surface area contributed by atoms with Crippen molar-refractivity contribution in [3.8, 4) is 0 Å². The van der Waals surface area contributed by atoms with Crippen molar-refractivity contribution in [2.24, 2.45) is 5.92 Å². The average molecular weight is 156 g/mol. The standard InChI is InChI=1S/C8H18O.CH3B/c1-5-8(4)9-6-7(2)3;1-2/h7-8H,5-6H2,1-4H3;1H3. The van der Waals surface area contributed by atoms with Gasteiger partial charge in [-0.05, 0) is 19.3 Å². The van der Waals surface area contributed by atoms with Gasteiger partial charge in [-0.15, -0.1) is 0 Å². The van der Waals surface area contributed by atoms with Gasteiger partial charge < -0.3 is 4.74 Å². The first-order valence-electron chi connectivity index (χ1n) is 4.36. The number of hydrogen-bond acceptors (Lipinski definition) is 1. The van der Waals surface area contributed by atoms with Crippen molar-refractivity contribution in [1.29, 1.82) is 0 Å². The molecular formula is C9H21BO. The van der Waals surface area contributed by atoms with Crippen molar-refractivity contribution < 1.29 is 4.74 Å². The van der Waals surface area contributed by atoms with Crippen molar-refractivity contribution in [1.82, 2.24) is 0 Å². The Balaban J connectivity index is 0. The van der Waals surface area contributed by atoms with Crippen LogP contribution in [0.2, 0.25) is 6.82 Å². The van der Waals surface area contributed by atoms with E-state index in [4.69, 9.17) is 4.74 Å². The Morgan fingerprint density at radius 1 is 1.18 bits per heavy atom. The van der Waals surface area contributed by atoms with Crippen LogP contribution in [-0.4, -0.2) is 20.6 Å². The lowest BCUT2D eigenvalue weighted by atomic mass is 10.2. The van der Waals surface area contributed by atoms with Crippen LogP contribution in [0.15, 0.2) is 0 Å². The molecule has 1 atom stereocenters. The molecule has 0 amide bonds. The van der Waals surface area contributed by atoms with E-state index in [-0.39, 0.29) is 0 Å². The molecule has 0 aromatic heterocycles. The van der Waals surface area contributed by atoms with Gasteiger partial charge in [-0.2, -0.15) is 0 Å². The Morgan fingerprint density at radius 2 is 1.64 bits per heavy atom. The zero-order chi connectivity index (χ0) is 9.28. The smallest absolute Gasteiger partial charge is 0.0606 e. The highest BCUT2D eigenvalue weighted by molar-refractivity contribution is 6.05. The van der Waals surface area contributed by atoms with Gasteiger partial charge in [0.2, 0.25) is 0 Å². The minimum atomic E-state index is 0.437. The quantitative estimate of drug-likeness (QED) is 0.568. The van der Waals surface area contributed by atoms with Gasteiger partial charge in [0.1, 0.15) is 0 Å². The summed E-state index contributed by atoms with van der Waals surface area (Å²) < 4.78 is 5.45. The van der Waals surface area contributed by atoms with Crippen molar-refractivity contribution in [2.45, 2.75) is 47.0 Å². The minimum absolute atomic E-state index is 0.437. The number of hydrogen-bond donors (Lipinski definition) is 0. The second-order valence-electron chi connectivity index (χ2n) is 2.95. The van der Waals surface area contributed by atoms with E-state index in [1.54, 1.807) is 0 Å². The highest BCUT2D eigenvalue weighted by Gasteiger charge is 1.98. The summed E-state index contributed by atoms with van der Waals surface area (Å²) in [6.45, 7) is 11.0. The van der Waals surface area contributed by atoms with E-state index in [0.717, 1.165) is 13.0 Å². The van der Waals surface area contributed by atoms with Crippen LogP contribution < -0.4 is 0 Å². The molecule has 2 radical (unpaired) electrons. The predicted molar refractivity (Wildman–Crippen MR) is 52.2 cm³/mol. The van der Waals surface area contributed by atoms with Gasteiger partial charge in [0.15, 0.2) is 0 Å². The lowest BCUT2D eigenvalue weighted by molar-refractivity contribution is 0.0455. The molecule has 0 saturated carbocycles. The van der Waals surface area contributed by atoms with Crippen LogP contribution in [-0.2, 0) is 4.74 Å². The first-order valence-corrected chi connectivity index (χ1v) is 4.36. The molecule has 0 aliphatic heterocycles. The second kappa shape index (κ2) is 10.0. The largest absolute Gasteiger partial charge is 0.378 e. The molecule has 0 aromatic rings. The number of ether oxygens (including phenoxy) is 1. The third kappa shape index (κ3) is 13.1. The molecule has 0 bridgehead atoms. The van der Waals surface area contributed by atoms with Gasteiger partial charge in [0.25, 0.3) is 0 Å². The van der Waals surface area contributed by atoms with E-state index >= 15 is 0 Å². The Kier molecular flexibility index (Phi) is 12.4. The topological polar surface area (TPSA) is 9.23 Å². The molecule has 0 aromatic carbocycles. The molecule has 0 rings (SSSR count). The monoisotopic (exact) mass is 156 g/mol. The molecule has 0 aliphatic carbocycles. The van der Waals surface area contributed by atoms with Crippen LogP contribution in [0, 0.1) is 5.92 Å². The molecule has 66 valence electrons. The van der Waals surface area contributed by atoms with Gasteiger partial charge in [-0.1, -0.05) is 27.6 Å². The summed E-state index contributed by atoms with van der Waals surface area (Å²) in [5.74, 6) is 0.666. The van der Waals surface area contributed by atoms with Gasteiger partial charge in [0.05, 0.1) is 14.0 Å². The molecule has 0 fully saturated rings. The third-order valence-corrected chi connectivity index (χ3v) is 1.29. The third-order valence-electron chi connectivity index (χ3n) is 1.29. The average Bonchev–Trinajstić information content (AvgIpc) is 2.04. The van der Waals surface area contributed by atoms with E-state index < -0.39 is 0 Å². The normalized spacial score (nSPS) is 12.2. The van der Waals surface area contributed by atoms with E-state index in [9.17, 15) is 0 Å². The van der Waals surface area contributed by atoms with Gasteiger partial charge in [-0.3, -0.25) is 0 Å². The maximum absolute atomic E-state index is 5.45. The van der Waals surface area contributed by atoms with Crippen molar-refractivity contribution in [2.75, 3.05) is 6.61 Å². The first-order chi connectivity index (χ1) is 5.16. The van der Waals surface area contributed by atoms with Gasteiger partial charge in [-0.25, -0.2) is 0 Å². The summed E-state index contributed by atoms with van der Waals surface area (Å²) in [5.41, 5.74) is 0. The first kappa shape index (κ1) is 13.6. The molecule has 1 unspecified atom stereocenters. The summed E-state index contributed by atoms with van der Waals surface area (Å²) in [6, 6.07) is 0. The molecule has 0 spiro atoms. The molecule has 1 nitrogen and oxygen atoms in total. The van der Waals surface area contributed by atoms with E-state index in [2.05, 4.69) is 35.5 Å². The van der Waals surface area contributed by atoms with Gasteiger partial charge in [0, 0.05) is 6.61 Å². The summed E-state index contributed by atoms with van der Waals surface area (Å²) in [5, 5.41) is 0. The molecule has 2 heteroatoms. The Morgan fingerprint density at radius 3 is 1.91 bits per heavy atom. The van der Waals surface area contributed by atoms with Crippen LogP contribution >= 0.6 is 0 Å². The fraction of sp³-hybridized carbons (Fsp3) is 1.00. The van der Waals surface area contributed by atoms with E-state index in [1.807, 2.05) is 0 Å². The van der Waals surface area contributed by atoms with Crippen molar-refractivity contribution >= 4 is 7.85 Å². The van der Waals surface area contributed by atoms with Crippen LogP contribution in [0.3, 0.4) is 0 Å². The van der Waals surface area contributed by atoms with Crippen LogP contribution in [0.5, 0.6) is 0 Å². The maximum Gasteiger partial charge on any atom is 0.0606 e. The summed E-state index contributed by atoms with van der Waals surface area (Å²) in [4.78, 5) is 0. The highest BCUT2D eigenvalue weighted by atomic mass is 16.5. The molecule has 11 heavy (non-hydrogen) atoms. The maximum atomic E-state index is 5.45. The van der Waals surface area contributed by atoms with E-state index in [1.165, 1.54) is 6.82 Å². The fourth-order valence-electron chi connectivity index (χ4n) is 0.475. The minimum Gasteiger partial charge on any atom is -0.378 e. The Labute approximate surface area is 72.9 Å². The SMILES string of the molecule is CCC(C)OCC(C)C.[B]C. The fourth-order valence-corrected chi connectivity index (χ4v) is 0.475. The van der Waals surface area contributed by atoms with Crippen LogP contribution in [0.25, 0.3) is 0 Å². The lowest BCUT2D eigenvalue weighted by Gasteiger charge is -2.11. The predicted octanol–water partition coefficient (Wildman–Crippen LogP) is 2.66. The summed E-state index contributed by atoms with van der Waals surface area (Å²) in [6.07, 6.45) is 1.56. The summed E-state index contributed by atoms with van der Waals surface area (Å²) in [7, 11) is 4.50. The zero-order valence-electron chi connectivity index (χ0n) is 8.55. The zero-order valence-corrected chi connectivity index (χ0v) is 8.55. The molecule has 0 saturated heterocycles. The van der Waals surface area contributed by atoms with Crippen molar-refractivity contribution in [3.05, 3.63) is 0 Å².